The molecule has 0 fully saturated rings. The largest absolute Gasteiger partial charge is 0.495 e. The van der Waals surface area contributed by atoms with Crippen LogP contribution in [0.25, 0.3) is 0 Å². The van der Waals surface area contributed by atoms with Gasteiger partial charge in [0.05, 0.1) is 19.2 Å². The second-order valence-electron chi connectivity index (χ2n) is 4.92. The van der Waals surface area contributed by atoms with Crippen LogP contribution < -0.4 is 14.2 Å². The van der Waals surface area contributed by atoms with Gasteiger partial charge in [0.25, 0.3) is 0 Å². The summed E-state index contributed by atoms with van der Waals surface area (Å²) in [4.78, 5) is 2.25. The van der Waals surface area contributed by atoms with Crippen molar-refractivity contribution in [2.24, 2.45) is 0 Å². The minimum atomic E-state index is -3.70. The Morgan fingerprint density at radius 1 is 1.13 bits per heavy atom. The number of benzene rings is 1. The molecule has 0 amide bonds. The van der Waals surface area contributed by atoms with E-state index in [9.17, 15) is 8.42 Å². The molecule has 1 N–H and O–H groups in total. The van der Waals surface area contributed by atoms with Gasteiger partial charge in [-0.25, -0.2) is 13.1 Å². The smallest absolute Gasteiger partial charge is 0.244 e. The van der Waals surface area contributed by atoms with Gasteiger partial charge in [0.1, 0.15) is 16.4 Å². The Kier molecular flexibility index (Phi) is 8.11. The zero-order valence-corrected chi connectivity index (χ0v) is 15.6. The highest BCUT2D eigenvalue weighted by Gasteiger charge is 2.22. The SMILES string of the molecule is CCN(CC)CCCNS(=O)(=O)c1cc(OC)c(Cl)cc1OC. The second-order valence-corrected chi connectivity index (χ2v) is 7.06. The monoisotopic (exact) mass is 364 g/mol. The molecule has 1 rings (SSSR count). The molecule has 0 spiro atoms. The van der Waals surface area contributed by atoms with E-state index in [0.29, 0.717) is 11.6 Å². The van der Waals surface area contributed by atoms with Gasteiger partial charge in [0, 0.05) is 18.7 Å². The zero-order valence-electron chi connectivity index (χ0n) is 14.1. The van der Waals surface area contributed by atoms with Crippen molar-refractivity contribution < 1.29 is 17.9 Å². The Hall–Kier alpha value is -1.02. The number of nitrogens with one attached hydrogen (secondary N) is 1. The summed E-state index contributed by atoms with van der Waals surface area (Å²) in [5.41, 5.74) is 0. The van der Waals surface area contributed by atoms with E-state index in [4.69, 9.17) is 21.1 Å². The van der Waals surface area contributed by atoms with Gasteiger partial charge in [-0.3, -0.25) is 0 Å². The number of nitrogens with zero attached hydrogens (tertiary/aromatic N) is 1. The Balaban J connectivity index is 2.83. The standard InChI is InChI=1S/C15H25ClN2O4S/c1-5-18(6-2)9-7-8-17-23(19,20)15-11-13(21-3)12(16)10-14(15)22-4/h10-11,17H,5-9H2,1-4H3. The molecule has 132 valence electrons. The molecule has 0 atom stereocenters. The van der Waals surface area contributed by atoms with E-state index < -0.39 is 10.0 Å². The van der Waals surface area contributed by atoms with Crippen molar-refractivity contribution in [1.29, 1.82) is 0 Å². The maximum Gasteiger partial charge on any atom is 0.244 e. The first-order valence-electron chi connectivity index (χ1n) is 7.53. The van der Waals surface area contributed by atoms with Crippen LogP contribution in [0.15, 0.2) is 17.0 Å². The molecular weight excluding hydrogens is 340 g/mol. The number of halogens is 1. The van der Waals surface area contributed by atoms with Crippen LogP contribution in [0.1, 0.15) is 20.3 Å². The molecule has 0 saturated heterocycles. The van der Waals surface area contributed by atoms with Crippen LogP contribution in [0.5, 0.6) is 11.5 Å². The first-order chi connectivity index (χ1) is 10.9. The molecular formula is C15H25ClN2O4S. The lowest BCUT2D eigenvalue weighted by Gasteiger charge is -2.18. The summed E-state index contributed by atoms with van der Waals surface area (Å²) in [5, 5.41) is 0.296. The number of sulfonamides is 1. The highest BCUT2D eigenvalue weighted by molar-refractivity contribution is 7.89. The summed E-state index contributed by atoms with van der Waals surface area (Å²) in [6.45, 7) is 7.26. The van der Waals surface area contributed by atoms with Gasteiger partial charge in [-0.05, 0) is 26.1 Å². The van der Waals surface area contributed by atoms with Crippen molar-refractivity contribution in [3.8, 4) is 11.5 Å². The minimum Gasteiger partial charge on any atom is -0.495 e. The second kappa shape index (κ2) is 9.32. The molecule has 0 aliphatic heterocycles. The van der Waals surface area contributed by atoms with E-state index in [2.05, 4.69) is 23.5 Å². The third-order valence-corrected chi connectivity index (χ3v) is 5.34. The fraction of sp³-hybridized carbons (Fsp3) is 0.600. The summed E-state index contributed by atoms with van der Waals surface area (Å²) >= 11 is 6.00. The highest BCUT2D eigenvalue weighted by atomic mass is 35.5. The van der Waals surface area contributed by atoms with Gasteiger partial charge in [-0.1, -0.05) is 25.4 Å². The van der Waals surface area contributed by atoms with Crippen molar-refractivity contribution in [3.05, 3.63) is 17.2 Å². The zero-order chi connectivity index (χ0) is 17.5. The number of ether oxygens (including phenoxy) is 2. The molecule has 0 aliphatic carbocycles. The Morgan fingerprint density at radius 3 is 2.26 bits per heavy atom. The van der Waals surface area contributed by atoms with E-state index in [1.54, 1.807) is 0 Å². The Morgan fingerprint density at radius 2 is 1.74 bits per heavy atom. The fourth-order valence-electron chi connectivity index (χ4n) is 2.17. The summed E-state index contributed by atoms with van der Waals surface area (Å²) in [5.74, 6) is 0.475. The molecule has 6 nitrogen and oxygen atoms in total. The first-order valence-corrected chi connectivity index (χ1v) is 9.39. The van der Waals surface area contributed by atoms with Crippen molar-refractivity contribution in [2.75, 3.05) is 40.4 Å². The van der Waals surface area contributed by atoms with Crippen molar-refractivity contribution in [2.45, 2.75) is 25.2 Å². The van der Waals surface area contributed by atoms with Gasteiger partial charge in [-0.2, -0.15) is 0 Å². The van der Waals surface area contributed by atoms with Crippen LogP contribution in [0.2, 0.25) is 5.02 Å². The molecule has 0 aliphatic rings. The average molecular weight is 365 g/mol. The lowest BCUT2D eigenvalue weighted by Crippen LogP contribution is -2.30. The maximum absolute atomic E-state index is 12.5. The van der Waals surface area contributed by atoms with Crippen LogP contribution in [0.4, 0.5) is 0 Å². The van der Waals surface area contributed by atoms with Gasteiger partial charge in [0.2, 0.25) is 10.0 Å². The quantitative estimate of drug-likeness (QED) is 0.645. The van der Waals surface area contributed by atoms with E-state index in [1.807, 2.05) is 0 Å². The normalized spacial score (nSPS) is 11.7. The summed E-state index contributed by atoms with van der Waals surface area (Å²) < 4.78 is 37.7. The maximum atomic E-state index is 12.5. The highest BCUT2D eigenvalue weighted by Crippen LogP contribution is 2.34. The van der Waals surface area contributed by atoms with Gasteiger partial charge in [0.15, 0.2) is 0 Å². The molecule has 0 saturated carbocycles. The van der Waals surface area contributed by atoms with Crippen molar-refractivity contribution in [1.82, 2.24) is 9.62 Å². The van der Waals surface area contributed by atoms with Crippen LogP contribution in [-0.4, -0.2) is 53.7 Å². The molecule has 8 heteroatoms. The predicted molar refractivity (Wildman–Crippen MR) is 92.1 cm³/mol. The van der Waals surface area contributed by atoms with E-state index in [-0.39, 0.29) is 16.4 Å². The van der Waals surface area contributed by atoms with E-state index in [0.717, 1.165) is 26.1 Å². The van der Waals surface area contributed by atoms with Gasteiger partial charge < -0.3 is 14.4 Å². The average Bonchev–Trinajstić information content (AvgIpc) is 2.54. The topological polar surface area (TPSA) is 67.9 Å². The predicted octanol–water partition coefficient (Wildman–Crippen LogP) is 2.37. The Bertz CT molecular complexity index is 604. The van der Waals surface area contributed by atoms with E-state index >= 15 is 0 Å². The lowest BCUT2D eigenvalue weighted by atomic mass is 10.3. The molecule has 0 heterocycles. The molecule has 0 bridgehead atoms. The lowest BCUT2D eigenvalue weighted by molar-refractivity contribution is 0.300. The Labute approximate surface area is 143 Å². The fourth-order valence-corrected chi connectivity index (χ4v) is 3.64. The van der Waals surface area contributed by atoms with E-state index in [1.165, 1.54) is 26.4 Å². The summed E-state index contributed by atoms with van der Waals surface area (Å²) in [6, 6.07) is 2.80. The minimum absolute atomic E-state index is 0.0177. The number of hydrogen-bond acceptors (Lipinski definition) is 5. The number of methoxy groups -OCH3 is 2. The van der Waals surface area contributed by atoms with Crippen LogP contribution >= 0.6 is 11.6 Å². The van der Waals surface area contributed by atoms with Crippen LogP contribution in [0.3, 0.4) is 0 Å². The summed E-state index contributed by atoms with van der Waals surface area (Å²) in [7, 11) is -0.863. The molecule has 0 aromatic heterocycles. The molecule has 0 radical (unpaired) electrons. The van der Waals surface area contributed by atoms with Crippen molar-refractivity contribution in [3.63, 3.8) is 0 Å². The molecule has 23 heavy (non-hydrogen) atoms. The van der Waals surface area contributed by atoms with Crippen molar-refractivity contribution >= 4 is 21.6 Å². The first kappa shape index (κ1) is 20.0. The van der Waals surface area contributed by atoms with Gasteiger partial charge >= 0.3 is 0 Å². The number of rotatable bonds is 10. The van der Waals surface area contributed by atoms with Gasteiger partial charge in [-0.15, -0.1) is 0 Å². The molecule has 0 unspecified atom stereocenters. The molecule has 1 aromatic rings. The third-order valence-electron chi connectivity index (χ3n) is 3.57. The van der Waals surface area contributed by atoms with Crippen LogP contribution in [-0.2, 0) is 10.0 Å². The number of hydrogen-bond donors (Lipinski definition) is 1. The molecule has 1 aromatic carbocycles. The summed E-state index contributed by atoms with van der Waals surface area (Å²) in [6.07, 6.45) is 0.730. The van der Waals surface area contributed by atoms with Crippen LogP contribution in [0, 0.1) is 0 Å². The third kappa shape index (κ3) is 5.53.